The van der Waals surface area contributed by atoms with Gasteiger partial charge in [-0.3, -0.25) is 9.29 Å². The summed E-state index contributed by atoms with van der Waals surface area (Å²) in [4.78, 5) is 1.94. The summed E-state index contributed by atoms with van der Waals surface area (Å²) >= 11 is 3.05. The molecule has 0 saturated carbocycles. The van der Waals surface area contributed by atoms with Crippen LogP contribution in [0.25, 0.3) is 0 Å². The smallest absolute Gasteiger partial charge is 0.132 e. The average molecular weight is 337 g/mol. The lowest BCUT2D eigenvalue weighted by molar-refractivity contribution is 0.151. The summed E-state index contributed by atoms with van der Waals surface area (Å²) in [5, 5.41) is 3.17. The van der Waals surface area contributed by atoms with Gasteiger partial charge in [0, 0.05) is 42.3 Å². The maximum Gasteiger partial charge on any atom is 0.132 e. The van der Waals surface area contributed by atoms with Gasteiger partial charge in [0.2, 0.25) is 0 Å². The summed E-state index contributed by atoms with van der Waals surface area (Å²) in [7, 11) is 0. The molecule has 0 amide bonds. The first kappa shape index (κ1) is 14.8. The van der Waals surface area contributed by atoms with Crippen LogP contribution in [0.4, 0.5) is 13.2 Å². The van der Waals surface area contributed by atoms with Gasteiger partial charge in [-0.15, -0.1) is 0 Å². The predicted molar refractivity (Wildman–Crippen MR) is 71.8 cm³/mol. The van der Waals surface area contributed by atoms with Crippen LogP contribution in [-0.2, 0) is 0 Å². The SMILES string of the molecule is FCC[C@H](c1c(F)cc(Br)cc1F)N1CCNCC1. The van der Waals surface area contributed by atoms with Crippen molar-refractivity contribution in [1.29, 1.82) is 0 Å². The number of halogens is 4. The van der Waals surface area contributed by atoms with Crippen molar-refractivity contribution >= 4 is 15.9 Å². The first-order chi connectivity index (χ1) is 9.13. The van der Waals surface area contributed by atoms with Crippen LogP contribution in [0.15, 0.2) is 16.6 Å². The Balaban J connectivity index is 2.32. The highest BCUT2D eigenvalue weighted by atomic mass is 79.9. The first-order valence-corrected chi connectivity index (χ1v) is 7.08. The van der Waals surface area contributed by atoms with E-state index in [-0.39, 0.29) is 12.0 Å². The molecule has 1 atom stereocenters. The summed E-state index contributed by atoms with van der Waals surface area (Å²) in [6.07, 6.45) is 0.107. The van der Waals surface area contributed by atoms with Crippen molar-refractivity contribution in [2.24, 2.45) is 0 Å². The number of rotatable bonds is 4. The zero-order chi connectivity index (χ0) is 13.8. The van der Waals surface area contributed by atoms with Crippen LogP contribution < -0.4 is 5.32 Å². The molecule has 1 saturated heterocycles. The zero-order valence-electron chi connectivity index (χ0n) is 10.4. The molecule has 6 heteroatoms. The average Bonchev–Trinajstić information content (AvgIpc) is 2.37. The van der Waals surface area contributed by atoms with Crippen molar-refractivity contribution in [3.8, 4) is 0 Å². The van der Waals surface area contributed by atoms with Gasteiger partial charge in [-0.1, -0.05) is 15.9 Å². The standard InChI is InChI=1S/C13H16BrF3N2/c14-9-7-10(16)13(11(17)8-9)12(1-2-15)19-5-3-18-4-6-19/h7-8,12,18H,1-6H2/t12-/m1/s1. The fourth-order valence-electron chi connectivity index (χ4n) is 2.48. The van der Waals surface area contributed by atoms with E-state index in [4.69, 9.17) is 0 Å². The number of nitrogens with zero attached hydrogens (tertiary/aromatic N) is 1. The summed E-state index contributed by atoms with van der Waals surface area (Å²) in [6, 6.07) is 1.91. The number of hydrogen-bond donors (Lipinski definition) is 1. The van der Waals surface area contributed by atoms with Crippen molar-refractivity contribution in [2.45, 2.75) is 12.5 Å². The Bertz CT molecular complexity index is 413. The van der Waals surface area contributed by atoms with E-state index in [0.29, 0.717) is 17.6 Å². The summed E-state index contributed by atoms with van der Waals surface area (Å²) < 4.78 is 41.1. The van der Waals surface area contributed by atoms with E-state index in [1.54, 1.807) is 0 Å². The highest BCUT2D eigenvalue weighted by Crippen LogP contribution is 2.31. The summed E-state index contributed by atoms with van der Waals surface area (Å²) in [6.45, 7) is 2.24. The second-order valence-corrected chi connectivity index (χ2v) is 5.48. The van der Waals surface area contributed by atoms with E-state index in [9.17, 15) is 13.2 Å². The van der Waals surface area contributed by atoms with Crippen LogP contribution in [0.1, 0.15) is 18.0 Å². The van der Waals surface area contributed by atoms with E-state index in [2.05, 4.69) is 21.2 Å². The number of benzene rings is 1. The highest BCUT2D eigenvalue weighted by molar-refractivity contribution is 9.10. The molecule has 0 bridgehead atoms. The van der Waals surface area contributed by atoms with Crippen molar-refractivity contribution in [2.75, 3.05) is 32.9 Å². The third-order valence-corrected chi connectivity index (χ3v) is 3.81. The molecule has 0 aliphatic carbocycles. The molecule has 1 aliphatic rings. The largest absolute Gasteiger partial charge is 0.314 e. The Kier molecular flexibility index (Phi) is 5.24. The lowest BCUT2D eigenvalue weighted by Gasteiger charge is -2.35. The molecule has 106 valence electrons. The van der Waals surface area contributed by atoms with Gasteiger partial charge in [0.1, 0.15) is 11.6 Å². The zero-order valence-corrected chi connectivity index (χ0v) is 12.0. The monoisotopic (exact) mass is 336 g/mol. The van der Waals surface area contributed by atoms with Gasteiger partial charge in [0.15, 0.2) is 0 Å². The van der Waals surface area contributed by atoms with Gasteiger partial charge < -0.3 is 5.32 Å². The van der Waals surface area contributed by atoms with Crippen molar-refractivity contribution in [1.82, 2.24) is 10.2 Å². The second kappa shape index (κ2) is 6.72. The molecule has 0 radical (unpaired) electrons. The van der Waals surface area contributed by atoms with Crippen LogP contribution in [0.2, 0.25) is 0 Å². The molecular weight excluding hydrogens is 321 g/mol. The molecule has 0 aromatic heterocycles. The molecule has 1 N–H and O–H groups in total. The van der Waals surface area contributed by atoms with Gasteiger partial charge in [-0.2, -0.15) is 0 Å². The van der Waals surface area contributed by atoms with Gasteiger partial charge in [0.25, 0.3) is 0 Å². The van der Waals surface area contributed by atoms with Crippen molar-refractivity contribution in [3.63, 3.8) is 0 Å². The molecule has 1 aromatic carbocycles. The third kappa shape index (κ3) is 3.49. The minimum atomic E-state index is -0.621. The number of piperazine rings is 1. The lowest BCUT2D eigenvalue weighted by Crippen LogP contribution is -2.45. The minimum absolute atomic E-state index is 0.0252. The maximum atomic E-state index is 14.0. The Hall–Kier alpha value is -0.590. The van der Waals surface area contributed by atoms with Crippen LogP contribution >= 0.6 is 15.9 Å². The number of nitrogens with one attached hydrogen (secondary N) is 1. The van der Waals surface area contributed by atoms with E-state index in [1.165, 1.54) is 12.1 Å². The lowest BCUT2D eigenvalue weighted by atomic mass is 10.0. The van der Waals surface area contributed by atoms with E-state index < -0.39 is 24.4 Å². The van der Waals surface area contributed by atoms with Crippen molar-refractivity contribution < 1.29 is 13.2 Å². The molecule has 2 rings (SSSR count). The second-order valence-electron chi connectivity index (χ2n) is 4.56. The van der Waals surface area contributed by atoms with Gasteiger partial charge in [0.05, 0.1) is 6.67 Å². The Morgan fingerprint density at radius 2 is 1.79 bits per heavy atom. The minimum Gasteiger partial charge on any atom is -0.314 e. The molecular formula is C13H16BrF3N2. The predicted octanol–water partition coefficient (Wildman–Crippen LogP) is 3.03. The Morgan fingerprint density at radius 3 is 2.32 bits per heavy atom. The van der Waals surface area contributed by atoms with Gasteiger partial charge in [-0.05, 0) is 18.6 Å². The molecule has 0 unspecified atom stereocenters. The molecule has 1 aliphatic heterocycles. The molecule has 0 spiro atoms. The fraction of sp³-hybridized carbons (Fsp3) is 0.538. The maximum absolute atomic E-state index is 14.0. The Labute approximate surface area is 119 Å². The summed E-state index contributed by atoms with van der Waals surface area (Å²) in [5.41, 5.74) is -0.0252. The van der Waals surface area contributed by atoms with Gasteiger partial charge >= 0.3 is 0 Å². The van der Waals surface area contributed by atoms with Crippen LogP contribution in [0.5, 0.6) is 0 Å². The molecule has 1 fully saturated rings. The number of alkyl halides is 1. The molecule has 1 aromatic rings. The molecule has 19 heavy (non-hydrogen) atoms. The fourth-order valence-corrected chi connectivity index (χ4v) is 2.88. The van der Waals surface area contributed by atoms with Crippen LogP contribution in [-0.4, -0.2) is 37.8 Å². The van der Waals surface area contributed by atoms with Crippen LogP contribution in [0, 0.1) is 11.6 Å². The van der Waals surface area contributed by atoms with E-state index >= 15 is 0 Å². The van der Waals surface area contributed by atoms with Crippen molar-refractivity contribution in [3.05, 3.63) is 33.8 Å². The van der Waals surface area contributed by atoms with Crippen LogP contribution in [0.3, 0.4) is 0 Å². The highest BCUT2D eigenvalue weighted by Gasteiger charge is 2.27. The third-order valence-electron chi connectivity index (χ3n) is 3.35. The molecule has 2 nitrogen and oxygen atoms in total. The summed E-state index contributed by atoms with van der Waals surface area (Å²) in [5.74, 6) is -1.24. The van der Waals surface area contributed by atoms with E-state index in [0.717, 1.165) is 13.1 Å². The van der Waals surface area contributed by atoms with Gasteiger partial charge in [-0.25, -0.2) is 8.78 Å². The normalized spacial score (nSPS) is 18.5. The number of hydrogen-bond acceptors (Lipinski definition) is 2. The quantitative estimate of drug-likeness (QED) is 0.909. The molecule has 1 heterocycles. The first-order valence-electron chi connectivity index (χ1n) is 6.28. The van der Waals surface area contributed by atoms with E-state index in [1.807, 2.05) is 4.90 Å². The Morgan fingerprint density at radius 1 is 1.21 bits per heavy atom. The topological polar surface area (TPSA) is 15.3 Å².